The van der Waals surface area contributed by atoms with Gasteiger partial charge in [-0.3, -0.25) is 4.79 Å². The normalized spacial score (nSPS) is 23.1. The van der Waals surface area contributed by atoms with Crippen LogP contribution in [0, 0.1) is 0 Å². The first kappa shape index (κ1) is 6.65. The Bertz CT molecular complexity index is 240. The Morgan fingerprint density at radius 1 is 1.36 bits per heavy atom. The van der Waals surface area contributed by atoms with Gasteiger partial charge < -0.3 is 4.90 Å². The maximum Gasteiger partial charge on any atom is 0.227 e. The van der Waals surface area contributed by atoms with E-state index >= 15 is 0 Å². The molecular formula is C9H11NO. The van der Waals surface area contributed by atoms with Gasteiger partial charge in [0.05, 0.1) is 0 Å². The molecule has 0 aliphatic carbocycles. The molecule has 58 valence electrons. The zero-order valence-electron chi connectivity index (χ0n) is 6.42. The van der Waals surface area contributed by atoms with Crippen LogP contribution in [-0.4, -0.2) is 17.4 Å². The maximum absolute atomic E-state index is 11.3. The van der Waals surface area contributed by atoms with Gasteiger partial charge >= 0.3 is 0 Å². The van der Waals surface area contributed by atoms with Crippen molar-refractivity contribution in [2.75, 3.05) is 6.54 Å². The topological polar surface area (TPSA) is 20.3 Å². The molecule has 0 atom stereocenters. The molecule has 0 spiro atoms. The summed E-state index contributed by atoms with van der Waals surface area (Å²) in [5.74, 6) is 0.284. The highest BCUT2D eigenvalue weighted by Crippen LogP contribution is 2.23. The molecule has 2 aliphatic rings. The number of nitrogens with zero attached hydrogens (tertiary/aromatic N) is 1. The molecule has 0 saturated carbocycles. The summed E-state index contributed by atoms with van der Waals surface area (Å²) in [5, 5.41) is 0. The highest BCUT2D eigenvalue weighted by Gasteiger charge is 2.22. The van der Waals surface area contributed by atoms with E-state index in [9.17, 15) is 4.79 Å². The first-order valence-electron chi connectivity index (χ1n) is 4.04. The van der Waals surface area contributed by atoms with Gasteiger partial charge in [0.1, 0.15) is 0 Å². The summed E-state index contributed by atoms with van der Waals surface area (Å²) in [6.45, 7) is 0.782. The quantitative estimate of drug-likeness (QED) is 0.510. The number of carbonyl (C=O) groups excluding carboxylic acids is 1. The second kappa shape index (κ2) is 2.53. The fraction of sp³-hybridized carbons (Fsp3) is 0.444. The van der Waals surface area contributed by atoms with Crippen molar-refractivity contribution in [3.8, 4) is 0 Å². The molecule has 0 N–H and O–H groups in total. The van der Waals surface area contributed by atoms with Crippen molar-refractivity contribution in [3.05, 3.63) is 23.9 Å². The molecule has 2 rings (SSSR count). The smallest absolute Gasteiger partial charge is 0.227 e. The average molecular weight is 149 g/mol. The Hall–Kier alpha value is -1.05. The van der Waals surface area contributed by atoms with E-state index in [0.717, 1.165) is 25.8 Å². The zero-order valence-corrected chi connectivity index (χ0v) is 6.42. The van der Waals surface area contributed by atoms with Crippen molar-refractivity contribution < 1.29 is 4.79 Å². The van der Waals surface area contributed by atoms with E-state index in [2.05, 4.69) is 0 Å². The largest absolute Gasteiger partial charge is 0.312 e. The SMILES string of the molecule is O=C1CCCC2=CC=CCN12. The van der Waals surface area contributed by atoms with E-state index in [4.69, 9.17) is 0 Å². The standard InChI is InChI=1S/C9H11NO/c11-9-6-3-5-8-4-1-2-7-10(8)9/h1-2,4H,3,5-7H2. The summed E-state index contributed by atoms with van der Waals surface area (Å²) in [4.78, 5) is 13.2. The highest BCUT2D eigenvalue weighted by atomic mass is 16.2. The van der Waals surface area contributed by atoms with Crippen LogP contribution in [0.1, 0.15) is 19.3 Å². The van der Waals surface area contributed by atoms with Gasteiger partial charge in [-0.05, 0) is 18.9 Å². The van der Waals surface area contributed by atoms with Crippen LogP contribution >= 0.6 is 0 Å². The lowest BCUT2D eigenvalue weighted by molar-refractivity contribution is -0.130. The molecule has 2 aliphatic heterocycles. The van der Waals surface area contributed by atoms with E-state index in [1.807, 2.05) is 23.1 Å². The first-order chi connectivity index (χ1) is 5.38. The molecule has 1 saturated heterocycles. The minimum absolute atomic E-state index is 0.284. The monoisotopic (exact) mass is 149 g/mol. The predicted octanol–water partition coefficient (Wildman–Crippen LogP) is 1.45. The van der Waals surface area contributed by atoms with E-state index in [1.54, 1.807) is 0 Å². The summed E-state index contributed by atoms with van der Waals surface area (Å²) in [5.41, 5.74) is 1.20. The number of carbonyl (C=O) groups is 1. The lowest BCUT2D eigenvalue weighted by Gasteiger charge is -2.30. The van der Waals surface area contributed by atoms with Gasteiger partial charge in [-0.25, -0.2) is 0 Å². The lowest BCUT2D eigenvalue weighted by Crippen LogP contribution is -2.34. The van der Waals surface area contributed by atoms with E-state index in [-0.39, 0.29) is 5.91 Å². The molecule has 0 unspecified atom stereocenters. The average Bonchev–Trinajstić information content (AvgIpc) is 2.06. The van der Waals surface area contributed by atoms with Crippen molar-refractivity contribution in [2.24, 2.45) is 0 Å². The molecule has 0 radical (unpaired) electrons. The Balaban J connectivity index is 2.24. The van der Waals surface area contributed by atoms with Crippen LogP contribution in [0.4, 0.5) is 0 Å². The number of amides is 1. The van der Waals surface area contributed by atoms with Gasteiger partial charge in [-0.2, -0.15) is 0 Å². The summed E-state index contributed by atoms with van der Waals surface area (Å²) in [7, 11) is 0. The van der Waals surface area contributed by atoms with E-state index in [1.165, 1.54) is 5.70 Å². The number of hydrogen-bond acceptors (Lipinski definition) is 1. The Morgan fingerprint density at radius 3 is 3.09 bits per heavy atom. The van der Waals surface area contributed by atoms with Gasteiger partial charge in [0.15, 0.2) is 0 Å². The van der Waals surface area contributed by atoms with E-state index < -0.39 is 0 Å². The molecule has 0 aromatic heterocycles. The fourth-order valence-corrected chi connectivity index (χ4v) is 1.59. The molecule has 0 aromatic rings. The molecule has 1 fully saturated rings. The highest BCUT2D eigenvalue weighted by molar-refractivity contribution is 5.79. The van der Waals surface area contributed by atoms with Crippen LogP contribution in [0.3, 0.4) is 0 Å². The third-order valence-electron chi connectivity index (χ3n) is 2.18. The Kier molecular flexibility index (Phi) is 1.53. The number of allylic oxidation sites excluding steroid dienone is 3. The van der Waals surface area contributed by atoms with Crippen LogP contribution in [0.15, 0.2) is 23.9 Å². The second-order valence-corrected chi connectivity index (χ2v) is 2.94. The van der Waals surface area contributed by atoms with Crippen LogP contribution in [0.5, 0.6) is 0 Å². The molecule has 11 heavy (non-hydrogen) atoms. The summed E-state index contributed by atoms with van der Waals surface area (Å²) < 4.78 is 0. The predicted molar refractivity (Wildman–Crippen MR) is 42.8 cm³/mol. The van der Waals surface area contributed by atoms with E-state index in [0.29, 0.717) is 0 Å². The summed E-state index contributed by atoms with van der Waals surface area (Å²) in [6, 6.07) is 0. The number of piperidine rings is 1. The summed E-state index contributed by atoms with van der Waals surface area (Å²) in [6.07, 6.45) is 8.91. The Labute approximate surface area is 66.2 Å². The van der Waals surface area contributed by atoms with Gasteiger partial charge in [0.2, 0.25) is 5.91 Å². The molecule has 2 heteroatoms. The van der Waals surface area contributed by atoms with Crippen molar-refractivity contribution in [3.63, 3.8) is 0 Å². The summed E-state index contributed by atoms with van der Waals surface area (Å²) >= 11 is 0. The van der Waals surface area contributed by atoms with Crippen molar-refractivity contribution in [1.82, 2.24) is 4.90 Å². The van der Waals surface area contributed by atoms with Gasteiger partial charge in [-0.1, -0.05) is 12.2 Å². The lowest BCUT2D eigenvalue weighted by atomic mass is 10.0. The Morgan fingerprint density at radius 2 is 2.27 bits per heavy atom. The molecule has 1 amide bonds. The number of rotatable bonds is 0. The third kappa shape index (κ3) is 1.09. The van der Waals surface area contributed by atoms with Crippen molar-refractivity contribution in [1.29, 1.82) is 0 Å². The molecule has 2 nitrogen and oxygen atoms in total. The molecule has 0 bridgehead atoms. The van der Waals surface area contributed by atoms with Gasteiger partial charge in [0.25, 0.3) is 0 Å². The van der Waals surface area contributed by atoms with Crippen molar-refractivity contribution >= 4 is 5.91 Å². The van der Waals surface area contributed by atoms with Gasteiger partial charge in [0, 0.05) is 18.7 Å². The minimum Gasteiger partial charge on any atom is -0.312 e. The van der Waals surface area contributed by atoms with Crippen molar-refractivity contribution in [2.45, 2.75) is 19.3 Å². The van der Waals surface area contributed by atoms with Crippen LogP contribution in [-0.2, 0) is 4.79 Å². The zero-order chi connectivity index (χ0) is 7.68. The third-order valence-corrected chi connectivity index (χ3v) is 2.18. The molecule has 2 heterocycles. The molecule has 0 aromatic carbocycles. The first-order valence-corrected chi connectivity index (χ1v) is 4.04. The maximum atomic E-state index is 11.3. The molecular weight excluding hydrogens is 138 g/mol. The minimum atomic E-state index is 0.284. The second-order valence-electron chi connectivity index (χ2n) is 2.94. The number of fused-ring (bicyclic) bond motifs is 1. The fourth-order valence-electron chi connectivity index (χ4n) is 1.59. The van der Waals surface area contributed by atoms with Gasteiger partial charge in [-0.15, -0.1) is 0 Å². The van der Waals surface area contributed by atoms with Crippen LogP contribution in [0.2, 0.25) is 0 Å². The van der Waals surface area contributed by atoms with Crippen LogP contribution < -0.4 is 0 Å². The van der Waals surface area contributed by atoms with Crippen LogP contribution in [0.25, 0.3) is 0 Å². The number of hydrogen-bond donors (Lipinski definition) is 0.